The van der Waals surface area contributed by atoms with Gasteiger partial charge >= 0.3 is 0 Å². The largest absolute Gasteiger partial charge is 0.398 e. The van der Waals surface area contributed by atoms with Crippen molar-refractivity contribution in [1.82, 2.24) is 9.97 Å². The molecule has 0 aliphatic carbocycles. The number of amides is 1. The van der Waals surface area contributed by atoms with Crippen LogP contribution in [0, 0.1) is 0 Å². The summed E-state index contributed by atoms with van der Waals surface area (Å²) in [7, 11) is 0. The van der Waals surface area contributed by atoms with E-state index in [1.807, 2.05) is 24.3 Å². The molecule has 0 saturated heterocycles. The number of hydrogen-bond donors (Lipinski definition) is 2. The predicted molar refractivity (Wildman–Crippen MR) is 78.3 cm³/mol. The van der Waals surface area contributed by atoms with E-state index in [9.17, 15) is 4.79 Å². The minimum Gasteiger partial charge on any atom is -0.398 e. The molecule has 0 fully saturated rings. The van der Waals surface area contributed by atoms with Crippen LogP contribution in [0.25, 0.3) is 10.9 Å². The maximum absolute atomic E-state index is 12.2. The average molecular weight is 264 g/mol. The van der Waals surface area contributed by atoms with E-state index >= 15 is 0 Å². The molecule has 20 heavy (non-hydrogen) atoms. The second kappa shape index (κ2) is 4.97. The van der Waals surface area contributed by atoms with Crippen molar-refractivity contribution < 1.29 is 4.79 Å². The SMILES string of the molecule is Nc1cc(C(=O)Nc2ccncc2)nc2ccccc12. The Morgan fingerprint density at radius 2 is 1.85 bits per heavy atom. The Morgan fingerprint density at radius 1 is 1.10 bits per heavy atom. The van der Waals surface area contributed by atoms with E-state index in [-0.39, 0.29) is 11.6 Å². The van der Waals surface area contributed by atoms with Crippen LogP contribution >= 0.6 is 0 Å². The summed E-state index contributed by atoms with van der Waals surface area (Å²) in [6, 6.07) is 12.5. The number of anilines is 2. The number of pyridine rings is 2. The first-order chi connectivity index (χ1) is 9.74. The number of benzene rings is 1. The summed E-state index contributed by atoms with van der Waals surface area (Å²) in [6.07, 6.45) is 3.22. The molecule has 5 heteroatoms. The summed E-state index contributed by atoms with van der Waals surface area (Å²) in [5, 5.41) is 3.59. The minimum absolute atomic E-state index is 0.290. The van der Waals surface area contributed by atoms with Crippen molar-refractivity contribution in [3.8, 4) is 0 Å². The number of nitrogen functional groups attached to an aromatic ring is 1. The van der Waals surface area contributed by atoms with Crippen molar-refractivity contribution in [3.05, 3.63) is 60.6 Å². The van der Waals surface area contributed by atoms with Gasteiger partial charge in [-0.25, -0.2) is 4.98 Å². The van der Waals surface area contributed by atoms with Crippen molar-refractivity contribution in [2.75, 3.05) is 11.1 Å². The van der Waals surface area contributed by atoms with Crippen LogP contribution in [0.4, 0.5) is 11.4 Å². The highest BCUT2D eigenvalue weighted by molar-refractivity contribution is 6.05. The highest BCUT2D eigenvalue weighted by Crippen LogP contribution is 2.20. The fraction of sp³-hybridized carbons (Fsp3) is 0. The number of rotatable bonds is 2. The Morgan fingerprint density at radius 3 is 2.65 bits per heavy atom. The van der Waals surface area contributed by atoms with Gasteiger partial charge in [0.15, 0.2) is 0 Å². The van der Waals surface area contributed by atoms with Gasteiger partial charge < -0.3 is 11.1 Å². The molecule has 98 valence electrons. The standard InChI is InChI=1S/C15H12N4O/c16-12-9-14(19-13-4-2-1-3-11(12)13)15(20)18-10-5-7-17-8-6-10/h1-9H,(H2,16,19)(H,17,18,20). The van der Waals surface area contributed by atoms with E-state index in [0.717, 1.165) is 5.39 Å². The molecule has 0 bridgehead atoms. The number of carbonyl (C=O) groups is 1. The topological polar surface area (TPSA) is 80.9 Å². The monoisotopic (exact) mass is 264 g/mol. The molecule has 0 radical (unpaired) electrons. The summed E-state index contributed by atoms with van der Waals surface area (Å²) < 4.78 is 0. The zero-order valence-electron chi connectivity index (χ0n) is 10.6. The van der Waals surface area contributed by atoms with Crippen molar-refractivity contribution in [1.29, 1.82) is 0 Å². The van der Waals surface area contributed by atoms with Gasteiger partial charge in [-0.15, -0.1) is 0 Å². The van der Waals surface area contributed by atoms with E-state index in [4.69, 9.17) is 5.73 Å². The number of nitrogens with one attached hydrogen (secondary N) is 1. The maximum atomic E-state index is 12.2. The molecule has 0 aliphatic rings. The summed E-state index contributed by atoms with van der Waals surface area (Å²) >= 11 is 0. The summed E-state index contributed by atoms with van der Waals surface area (Å²) in [5.74, 6) is -0.298. The van der Waals surface area contributed by atoms with Gasteiger partial charge in [0.2, 0.25) is 0 Å². The Balaban J connectivity index is 1.96. The van der Waals surface area contributed by atoms with Crippen LogP contribution in [0.15, 0.2) is 54.9 Å². The molecule has 0 unspecified atom stereocenters. The van der Waals surface area contributed by atoms with Gasteiger partial charge in [0, 0.05) is 29.2 Å². The Bertz CT molecular complexity index is 771. The quantitative estimate of drug-likeness (QED) is 0.745. The number of carbonyl (C=O) groups excluding carboxylic acids is 1. The van der Waals surface area contributed by atoms with E-state index in [0.29, 0.717) is 16.9 Å². The molecule has 2 heterocycles. The van der Waals surface area contributed by atoms with Crippen molar-refractivity contribution in [2.24, 2.45) is 0 Å². The minimum atomic E-state index is -0.298. The lowest BCUT2D eigenvalue weighted by atomic mass is 10.1. The van der Waals surface area contributed by atoms with Gasteiger partial charge in [-0.2, -0.15) is 0 Å². The molecule has 0 aliphatic heterocycles. The highest BCUT2D eigenvalue weighted by Gasteiger charge is 2.10. The Kier molecular flexibility index (Phi) is 3.01. The Hall–Kier alpha value is -2.95. The summed E-state index contributed by atoms with van der Waals surface area (Å²) in [6.45, 7) is 0. The molecular formula is C15H12N4O. The Labute approximate surface area is 115 Å². The van der Waals surface area contributed by atoms with E-state index in [2.05, 4.69) is 15.3 Å². The number of para-hydroxylation sites is 1. The van der Waals surface area contributed by atoms with Gasteiger partial charge in [-0.05, 0) is 24.3 Å². The molecule has 2 aromatic heterocycles. The first kappa shape index (κ1) is 12.1. The highest BCUT2D eigenvalue weighted by atomic mass is 16.1. The maximum Gasteiger partial charge on any atom is 0.274 e. The zero-order chi connectivity index (χ0) is 13.9. The van der Waals surface area contributed by atoms with Crippen LogP contribution in [0.2, 0.25) is 0 Å². The number of hydrogen-bond acceptors (Lipinski definition) is 4. The third-order valence-electron chi connectivity index (χ3n) is 2.92. The molecule has 3 rings (SSSR count). The molecule has 3 N–H and O–H groups in total. The molecule has 1 aromatic carbocycles. The molecule has 1 amide bonds. The number of aromatic nitrogens is 2. The number of nitrogens with two attached hydrogens (primary N) is 1. The van der Waals surface area contributed by atoms with E-state index in [1.54, 1.807) is 30.6 Å². The van der Waals surface area contributed by atoms with Crippen LogP contribution in [-0.4, -0.2) is 15.9 Å². The fourth-order valence-electron chi connectivity index (χ4n) is 1.95. The second-order valence-corrected chi connectivity index (χ2v) is 4.30. The van der Waals surface area contributed by atoms with Gasteiger partial charge in [-0.1, -0.05) is 18.2 Å². The molecule has 5 nitrogen and oxygen atoms in total. The molecule has 0 saturated carbocycles. The lowest BCUT2D eigenvalue weighted by molar-refractivity contribution is 0.102. The van der Waals surface area contributed by atoms with Crippen LogP contribution in [-0.2, 0) is 0 Å². The third-order valence-corrected chi connectivity index (χ3v) is 2.92. The van der Waals surface area contributed by atoms with Crippen molar-refractivity contribution in [2.45, 2.75) is 0 Å². The normalized spacial score (nSPS) is 10.4. The fourth-order valence-corrected chi connectivity index (χ4v) is 1.95. The summed E-state index contributed by atoms with van der Waals surface area (Å²) in [4.78, 5) is 20.4. The lowest BCUT2D eigenvalue weighted by Crippen LogP contribution is -2.14. The molecular weight excluding hydrogens is 252 g/mol. The second-order valence-electron chi connectivity index (χ2n) is 4.30. The number of nitrogens with zero attached hydrogens (tertiary/aromatic N) is 2. The smallest absolute Gasteiger partial charge is 0.274 e. The zero-order valence-corrected chi connectivity index (χ0v) is 10.6. The van der Waals surface area contributed by atoms with Crippen LogP contribution in [0.1, 0.15) is 10.5 Å². The lowest BCUT2D eigenvalue weighted by Gasteiger charge is -2.07. The summed E-state index contributed by atoms with van der Waals surface area (Å²) in [5.41, 5.74) is 8.15. The molecule has 0 atom stereocenters. The van der Waals surface area contributed by atoms with Gasteiger partial charge in [0.1, 0.15) is 5.69 Å². The van der Waals surface area contributed by atoms with Gasteiger partial charge in [0.25, 0.3) is 5.91 Å². The van der Waals surface area contributed by atoms with Crippen LogP contribution < -0.4 is 11.1 Å². The van der Waals surface area contributed by atoms with E-state index < -0.39 is 0 Å². The van der Waals surface area contributed by atoms with Gasteiger partial charge in [-0.3, -0.25) is 9.78 Å². The van der Waals surface area contributed by atoms with Gasteiger partial charge in [0.05, 0.1) is 5.52 Å². The van der Waals surface area contributed by atoms with Crippen LogP contribution in [0.3, 0.4) is 0 Å². The predicted octanol–water partition coefficient (Wildman–Crippen LogP) is 2.46. The van der Waals surface area contributed by atoms with Crippen molar-refractivity contribution >= 4 is 28.2 Å². The molecule has 3 aromatic rings. The average Bonchev–Trinajstić information content (AvgIpc) is 2.48. The number of fused-ring (bicyclic) bond motifs is 1. The van der Waals surface area contributed by atoms with Crippen LogP contribution in [0.5, 0.6) is 0 Å². The third kappa shape index (κ3) is 2.29. The van der Waals surface area contributed by atoms with Crippen molar-refractivity contribution in [3.63, 3.8) is 0 Å². The first-order valence-electron chi connectivity index (χ1n) is 6.11. The first-order valence-corrected chi connectivity index (χ1v) is 6.11. The van der Waals surface area contributed by atoms with E-state index in [1.165, 1.54) is 0 Å². The molecule has 0 spiro atoms.